The zero-order chi connectivity index (χ0) is 44.3. The van der Waals surface area contributed by atoms with Gasteiger partial charge in [-0.2, -0.15) is 0 Å². The highest BCUT2D eigenvalue weighted by Gasteiger charge is 2.65. The van der Waals surface area contributed by atoms with Crippen LogP contribution in [0, 0.1) is 27.9 Å². The lowest BCUT2D eigenvalue weighted by Gasteiger charge is -2.60. The van der Waals surface area contributed by atoms with Crippen molar-refractivity contribution in [1.82, 2.24) is 4.90 Å². The van der Waals surface area contributed by atoms with Crippen molar-refractivity contribution in [2.45, 2.75) is 76.2 Å². The third kappa shape index (κ3) is 9.83. The number of amides is 1. The first-order valence-electron chi connectivity index (χ1n) is 21.8. The zero-order valence-corrected chi connectivity index (χ0v) is 35.8. The Hall–Kier alpha value is -5.96. The molecule has 3 aromatic rings. The van der Waals surface area contributed by atoms with E-state index in [1.807, 2.05) is 43.3 Å². The standard InChI is InChI=1S/C49H57N3O11/c1-4-25-58-37-19-21-42-40(29-37)47-38(12-8-10-24-54)35(11-7-9-23-53)28-39-41(50-62-6-3)30-45(49(63-42,48(39)47)61-26-5-2)51(31-34-15-20-43-44(27-34)60-32-59-43)46(55)22-16-33-13-17-36(18-14-33)52(56)57/h4-5,13-22,27-29,35,38,45,47-48,53-54H,1-2,6-12,23-26,30-32H2,3H3. The topological polar surface area (TPSA) is 172 Å². The van der Waals surface area contributed by atoms with Crippen LogP contribution in [-0.2, 0) is 20.9 Å². The molecule has 2 N–H and O–H groups in total. The number of fused-ring (bicyclic) bond motifs is 3. The molecule has 63 heavy (non-hydrogen) atoms. The van der Waals surface area contributed by atoms with E-state index in [1.165, 1.54) is 18.2 Å². The Labute approximate surface area is 368 Å². The Morgan fingerprint density at radius 3 is 2.44 bits per heavy atom. The Balaban J connectivity index is 1.44. The summed E-state index contributed by atoms with van der Waals surface area (Å²) in [5, 5.41) is 36.0. The van der Waals surface area contributed by atoms with Crippen LogP contribution in [-0.4, -0.2) is 83.3 Å². The predicted molar refractivity (Wildman–Crippen MR) is 238 cm³/mol. The van der Waals surface area contributed by atoms with Gasteiger partial charge in [-0.1, -0.05) is 48.9 Å². The minimum atomic E-state index is -1.50. The lowest BCUT2D eigenvalue weighted by atomic mass is 9.55. The molecular formula is C49H57N3O11. The number of carbonyl (C=O) groups excluding carboxylic acids is 1. The number of non-ortho nitro benzene ring substituents is 1. The maximum Gasteiger partial charge on any atom is 0.269 e. The fourth-order valence-electron chi connectivity index (χ4n) is 9.58. The Kier molecular flexibility index (Phi) is 15.0. The molecule has 0 radical (unpaired) electrons. The molecule has 6 unspecified atom stereocenters. The number of allylic oxidation sites excluding steroid dienone is 1. The van der Waals surface area contributed by atoms with E-state index in [2.05, 4.69) is 19.2 Å². The second-order valence-electron chi connectivity index (χ2n) is 16.1. The van der Waals surface area contributed by atoms with Gasteiger partial charge in [0.1, 0.15) is 30.8 Å². The number of aliphatic hydroxyl groups is 2. The molecule has 0 bridgehead atoms. The predicted octanol–water partition coefficient (Wildman–Crippen LogP) is 8.28. The molecule has 14 heteroatoms. The van der Waals surface area contributed by atoms with E-state index in [4.69, 9.17) is 33.7 Å². The van der Waals surface area contributed by atoms with Crippen molar-refractivity contribution in [3.05, 3.63) is 131 Å². The lowest BCUT2D eigenvalue weighted by Crippen LogP contribution is -2.70. The fraction of sp³-hybridized carbons (Fsp3) is 0.429. The lowest BCUT2D eigenvalue weighted by molar-refractivity contribution is -0.384. The molecule has 0 spiro atoms. The first-order valence-corrected chi connectivity index (χ1v) is 21.8. The second-order valence-corrected chi connectivity index (χ2v) is 16.1. The summed E-state index contributed by atoms with van der Waals surface area (Å²) in [7, 11) is 0. The molecule has 1 fully saturated rings. The minimum absolute atomic E-state index is 0.0279. The van der Waals surface area contributed by atoms with Crippen LogP contribution in [0.25, 0.3) is 6.08 Å². The van der Waals surface area contributed by atoms with E-state index in [9.17, 15) is 20.3 Å². The van der Waals surface area contributed by atoms with Gasteiger partial charge in [0.05, 0.1) is 23.2 Å². The van der Waals surface area contributed by atoms with Crippen molar-refractivity contribution in [1.29, 1.82) is 0 Å². The highest BCUT2D eigenvalue weighted by atomic mass is 16.7. The molecule has 2 aliphatic heterocycles. The first kappa shape index (κ1) is 45.1. The summed E-state index contributed by atoms with van der Waals surface area (Å²) in [4.78, 5) is 33.7. The number of rotatable bonds is 22. The Morgan fingerprint density at radius 1 is 0.968 bits per heavy atom. The number of oxime groups is 1. The number of nitrogens with zero attached hydrogens (tertiary/aromatic N) is 3. The van der Waals surface area contributed by atoms with Gasteiger partial charge in [-0.05, 0) is 110 Å². The number of nitro benzene ring substituents is 1. The van der Waals surface area contributed by atoms with Gasteiger partial charge < -0.3 is 43.6 Å². The number of hydrogen-bond donors (Lipinski definition) is 2. The number of benzene rings is 3. The highest BCUT2D eigenvalue weighted by Crippen LogP contribution is 2.62. The van der Waals surface area contributed by atoms with Crippen LogP contribution in [0.5, 0.6) is 23.0 Å². The van der Waals surface area contributed by atoms with E-state index < -0.39 is 22.7 Å². The molecule has 4 aliphatic rings. The molecule has 0 saturated heterocycles. The molecule has 1 saturated carbocycles. The van der Waals surface area contributed by atoms with Crippen molar-refractivity contribution in [3.63, 3.8) is 0 Å². The zero-order valence-electron chi connectivity index (χ0n) is 35.8. The van der Waals surface area contributed by atoms with Gasteiger partial charge in [-0.25, -0.2) is 0 Å². The van der Waals surface area contributed by atoms with Crippen LogP contribution in [0.15, 0.2) is 109 Å². The van der Waals surface area contributed by atoms with Crippen molar-refractivity contribution in [3.8, 4) is 23.0 Å². The van der Waals surface area contributed by atoms with Crippen LogP contribution in [0.1, 0.15) is 74.5 Å². The minimum Gasteiger partial charge on any atom is -0.490 e. The van der Waals surface area contributed by atoms with Gasteiger partial charge in [-0.15, -0.1) is 6.58 Å². The summed E-state index contributed by atoms with van der Waals surface area (Å²) in [6.45, 7) is 10.8. The average Bonchev–Trinajstić information content (AvgIpc) is 3.77. The van der Waals surface area contributed by atoms with Gasteiger partial charge in [0.25, 0.3) is 5.69 Å². The second kappa shape index (κ2) is 20.9. The Morgan fingerprint density at radius 2 is 1.71 bits per heavy atom. The van der Waals surface area contributed by atoms with E-state index >= 15 is 4.79 Å². The van der Waals surface area contributed by atoms with Crippen LogP contribution in [0.3, 0.4) is 0 Å². The molecule has 334 valence electrons. The smallest absolute Gasteiger partial charge is 0.269 e. The maximum absolute atomic E-state index is 15.1. The normalized spacial score (nSPS) is 23.6. The molecule has 7 rings (SSSR count). The average molecular weight is 864 g/mol. The van der Waals surface area contributed by atoms with Crippen LogP contribution in [0.4, 0.5) is 5.69 Å². The van der Waals surface area contributed by atoms with Crippen molar-refractivity contribution >= 4 is 23.4 Å². The van der Waals surface area contributed by atoms with E-state index in [1.54, 1.807) is 35.3 Å². The summed E-state index contributed by atoms with van der Waals surface area (Å²) >= 11 is 0. The van der Waals surface area contributed by atoms with Gasteiger partial charge in [0.15, 0.2) is 11.5 Å². The maximum atomic E-state index is 15.1. The third-order valence-corrected chi connectivity index (χ3v) is 12.3. The van der Waals surface area contributed by atoms with Crippen molar-refractivity contribution < 1.29 is 48.5 Å². The molecule has 2 heterocycles. The summed E-state index contributed by atoms with van der Waals surface area (Å²) in [5.74, 6) is -0.101. The monoisotopic (exact) mass is 863 g/mol. The molecule has 3 aromatic carbocycles. The molecule has 0 aromatic heterocycles. The molecular weight excluding hydrogens is 807 g/mol. The van der Waals surface area contributed by atoms with E-state index in [-0.39, 0.29) is 68.9 Å². The highest BCUT2D eigenvalue weighted by molar-refractivity contribution is 6.03. The van der Waals surface area contributed by atoms with Gasteiger partial charge in [0, 0.05) is 55.9 Å². The molecule has 14 nitrogen and oxygen atoms in total. The summed E-state index contributed by atoms with van der Waals surface area (Å²) in [6, 6.07) is 16.6. The summed E-state index contributed by atoms with van der Waals surface area (Å²) < 4.78 is 32.0. The van der Waals surface area contributed by atoms with Gasteiger partial charge >= 0.3 is 0 Å². The molecule has 6 atom stereocenters. The van der Waals surface area contributed by atoms with Gasteiger partial charge in [-0.3, -0.25) is 14.9 Å². The van der Waals surface area contributed by atoms with Crippen molar-refractivity contribution in [2.75, 3.05) is 39.8 Å². The number of nitro groups is 1. The summed E-state index contributed by atoms with van der Waals surface area (Å²) in [5.41, 5.74) is 3.84. The number of ether oxygens (including phenoxy) is 5. The number of carbonyl (C=O) groups is 1. The quantitative estimate of drug-likeness (QED) is 0.0327. The number of hydrogen-bond acceptors (Lipinski definition) is 12. The number of aliphatic hydroxyl groups excluding tert-OH is 2. The van der Waals surface area contributed by atoms with Gasteiger partial charge in [0.2, 0.25) is 18.5 Å². The fourth-order valence-corrected chi connectivity index (χ4v) is 9.58. The van der Waals surface area contributed by atoms with Crippen LogP contribution in [0.2, 0.25) is 0 Å². The SMILES string of the molecule is C=CCOc1ccc2c(c1)C1C(CCCCO)C(CCCCO)C=C3C(=NOCC)CC(N(Cc4ccc5c(c4)OCO5)C(=O)C=Cc4ccc([N+](=O)[O-])cc4)C(OCC=C)(O2)C31. The van der Waals surface area contributed by atoms with Crippen molar-refractivity contribution in [2.24, 2.45) is 22.9 Å². The number of unbranched alkanes of at least 4 members (excludes halogenated alkanes) is 2. The molecule has 2 aliphatic carbocycles. The van der Waals surface area contributed by atoms with E-state index in [0.29, 0.717) is 60.3 Å². The third-order valence-electron chi connectivity index (χ3n) is 12.3. The summed E-state index contributed by atoms with van der Waals surface area (Å²) in [6.07, 6.45) is 13.5. The van der Waals surface area contributed by atoms with Crippen LogP contribution >= 0.6 is 0 Å². The Bertz CT molecular complexity index is 2200. The van der Waals surface area contributed by atoms with Crippen LogP contribution < -0.4 is 18.9 Å². The molecule has 1 amide bonds. The largest absolute Gasteiger partial charge is 0.490 e. The van der Waals surface area contributed by atoms with E-state index in [0.717, 1.165) is 42.4 Å². The first-order chi connectivity index (χ1) is 30.7.